The summed E-state index contributed by atoms with van der Waals surface area (Å²) < 4.78 is 5.25. The lowest BCUT2D eigenvalue weighted by molar-refractivity contribution is 0.0672. The zero-order valence-electron chi connectivity index (χ0n) is 14.6. The van der Waals surface area contributed by atoms with Crippen molar-refractivity contribution in [2.24, 2.45) is 5.16 Å². The van der Waals surface area contributed by atoms with E-state index in [-0.39, 0.29) is 12.1 Å². The average Bonchev–Trinajstić information content (AvgIpc) is 3.11. The van der Waals surface area contributed by atoms with Gasteiger partial charge in [0, 0.05) is 18.5 Å². The maximum absolute atomic E-state index is 12.4. The third kappa shape index (κ3) is 4.26. The molecule has 0 radical (unpaired) electrons. The van der Waals surface area contributed by atoms with Gasteiger partial charge in [-0.1, -0.05) is 41.0 Å². The van der Waals surface area contributed by atoms with Gasteiger partial charge < -0.3 is 19.8 Å². The van der Waals surface area contributed by atoms with E-state index in [0.717, 1.165) is 11.3 Å². The van der Waals surface area contributed by atoms with Crippen molar-refractivity contribution < 1.29 is 14.4 Å². The van der Waals surface area contributed by atoms with Crippen LogP contribution in [-0.4, -0.2) is 43.4 Å². The van der Waals surface area contributed by atoms with Crippen molar-refractivity contribution in [3.8, 4) is 5.75 Å². The number of carbonyl (C=O) groups excluding carboxylic acids is 1. The molecule has 0 aromatic heterocycles. The van der Waals surface area contributed by atoms with E-state index >= 15 is 0 Å². The number of likely N-dealkylation sites (N-methyl/N-ethyl adjacent to an activating group) is 1. The minimum atomic E-state index is -0.238. The van der Waals surface area contributed by atoms with Crippen molar-refractivity contribution in [3.63, 3.8) is 0 Å². The number of hydrogen-bond donors (Lipinski definition) is 1. The molecule has 1 heterocycles. The van der Waals surface area contributed by atoms with Gasteiger partial charge in [0.15, 0.2) is 6.10 Å². The monoisotopic (exact) mass is 373 g/mol. The van der Waals surface area contributed by atoms with Gasteiger partial charge in [-0.2, -0.15) is 0 Å². The third-order valence-corrected chi connectivity index (χ3v) is 4.34. The lowest BCUT2D eigenvalue weighted by atomic mass is 10.1. The van der Waals surface area contributed by atoms with E-state index in [2.05, 4.69) is 10.5 Å². The zero-order chi connectivity index (χ0) is 18.5. The van der Waals surface area contributed by atoms with Crippen molar-refractivity contribution in [1.82, 2.24) is 4.90 Å². The molecular formula is C19H20ClN3O3. The number of halogens is 1. The molecule has 0 aliphatic carbocycles. The Morgan fingerprint density at radius 1 is 1.31 bits per heavy atom. The first-order chi connectivity index (χ1) is 12.6. The maximum atomic E-state index is 12.4. The molecule has 2 amide bonds. The number of nitrogens with zero attached hydrogens (tertiary/aromatic N) is 2. The van der Waals surface area contributed by atoms with Crippen LogP contribution in [0.5, 0.6) is 5.75 Å². The number of rotatable bonds is 5. The van der Waals surface area contributed by atoms with Crippen LogP contribution in [0.3, 0.4) is 0 Å². The molecule has 26 heavy (non-hydrogen) atoms. The number of amides is 2. The highest BCUT2D eigenvalue weighted by atomic mass is 35.5. The van der Waals surface area contributed by atoms with Gasteiger partial charge in [-0.3, -0.25) is 0 Å². The van der Waals surface area contributed by atoms with Crippen LogP contribution in [0.4, 0.5) is 10.5 Å². The fourth-order valence-electron chi connectivity index (χ4n) is 2.69. The van der Waals surface area contributed by atoms with E-state index in [1.807, 2.05) is 36.4 Å². The molecule has 0 bridgehead atoms. The molecule has 2 aromatic rings. The minimum Gasteiger partial charge on any atom is -0.495 e. The Labute approximate surface area is 157 Å². The molecule has 7 heteroatoms. The van der Waals surface area contributed by atoms with E-state index in [1.54, 1.807) is 31.2 Å². The normalized spacial score (nSPS) is 15.8. The summed E-state index contributed by atoms with van der Waals surface area (Å²) in [6, 6.07) is 14.5. The van der Waals surface area contributed by atoms with Gasteiger partial charge in [0.1, 0.15) is 5.75 Å². The molecule has 0 unspecified atom stereocenters. The second kappa shape index (κ2) is 8.10. The Morgan fingerprint density at radius 2 is 2.04 bits per heavy atom. The van der Waals surface area contributed by atoms with Gasteiger partial charge in [-0.25, -0.2) is 4.79 Å². The van der Waals surface area contributed by atoms with Crippen LogP contribution in [0, 0.1) is 0 Å². The third-order valence-electron chi connectivity index (χ3n) is 4.08. The molecule has 0 spiro atoms. The van der Waals surface area contributed by atoms with Crippen LogP contribution in [-0.2, 0) is 4.84 Å². The lowest BCUT2D eigenvalue weighted by Crippen LogP contribution is -2.37. The second-order valence-electron chi connectivity index (χ2n) is 5.99. The molecule has 1 N–H and O–H groups in total. The van der Waals surface area contributed by atoms with E-state index in [9.17, 15) is 4.79 Å². The largest absolute Gasteiger partial charge is 0.495 e. The SMILES string of the molecule is COc1ccccc1NC(=O)N(C)C[C@H]1CC(c2ccc(Cl)cc2)=NO1. The van der Waals surface area contributed by atoms with Crippen molar-refractivity contribution in [1.29, 1.82) is 0 Å². The van der Waals surface area contributed by atoms with Crippen molar-refractivity contribution in [2.75, 3.05) is 26.0 Å². The minimum absolute atomic E-state index is 0.186. The Morgan fingerprint density at radius 3 is 2.77 bits per heavy atom. The number of hydrogen-bond acceptors (Lipinski definition) is 4. The summed E-state index contributed by atoms with van der Waals surface area (Å²) in [5, 5.41) is 7.65. The summed E-state index contributed by atoms with van der Waals surface area (Å²) >= 11 is 5.91. The molecule has 3 rings (SSSR count). The highest BCUT2D eigenvalue weighted by molar-refractivity contribution is 6.30. The fourth-order valence-corrected chi connectivity index (χ4v) is 2.81. The van der Waals surface area contributed by atoms with Gasteiger partial charge in [0.25, 0.3) is 0 Å². The number of para-hydroxylation sites is 2. The topological polar surface area (TPSA) is 63.2 Å². The first kappa shape index (κ1) is 18.1. The van der Waals surface area contributed by atoms with E-state index < -0.39 is 0 Å². The average molecular weight is 374 g/mol. The molecule has 0 fully saturated rings. The number of carbonyl (C=O) groups is 1. The summed E-state index contributed by atoms with van der Waals surface area (Å²) in [6.45, 7) is 0.418. The summed E-state index contributed by atoms with van der Waals surface area (Å²) in [7, 11) is 3.28. The first-order valence-corrected chi connectivity index (χ1v) is 8.58. The van der Waals surface area contributed by atoms with E-state index in [1.165, 1.54) is 0 Å². The number of nitrogens with one attached hydrogen (secondary N) is 1. The highest BCUT2D eigenvalue weighted by Gasteiger charge is 2.25. The molecule has 1 aliphatic heterocycles. The molecule has 6 nitrogen and oxygen atoms in total. The van der Waals surface area contributed by atoms with Crippen molar-refractivity contribution in [2.45, 2.75) is 12.5 Å². The van der Waals surface area contributed by atoms with Crippen LogP contribution in [0.2, 0.25) is 5.02 Å². The van der Waals surface area contributed by atoms with Crippen molar-refractivity contribution >= 4 is 29.0 Å². The van der Waals surface area contributed by atoms with Gasteiger partial charge >= 0.3 is 6.03 Å². The number of anilines is 1. The van der Waals surface area contributed by atoms with E-state index in [0.29, 0.717) is 29.4 Å². The molecule has 2 aromatic carbocycles. The fraction of sp³-hybridized carbons (Fsp3) is 0.263. The number of benzene rings is 2. The van der Waals surface area contributed by atoms with Crippen LogP contribution in [0.15, 0.2) is 53.7 Å². The molecule has 136 valence electrons. The van der Waals surface area contributed by atoms with Crippen LogP contribution >= 0.6 is 11.6 Å². The lowest BCUT2D eigenvalue weighted by Gasteiger charge is -2.21. The van der Waals surface area contributed by atoms with E-state index in [4.69, 9.17) is 21.2 Å². The Kier molecular flexibility index (Phi) is 5.63. The Balaban J connectivity index is 1.54. The maximum Gasteiger partial charge on any atom is 0.321 e. The van der Waals surface area contributed by atoms with Crippen LogP contribution in [0.1, 0.15) is 12.0 Å². The Bertz CT molecular complexity index is 808. The second-order valence-corrected chi connectivity index (χ2v) is 6.42. The van der Waals surface area contributed by atoms with Gasteiger partial charge in [-0.05, 0) is 29.8 Å². The summed E-state index contributed by atoms with van der Waals surface area (Å²) in [6.07, 6.45) is 0.447. The molecule has 1 aliphatic rings. The highest BCUT2D eigenvalue weighted by Crippen LogP contribution is 2.24. The summed E-state index contributed by atoms with van der Waals surface area (Å²) in [5.41, 5.74) is 2.44. The Hall–Kier alpha value is -2.73. The van der Waals surface area contributed by atoms with Gasteiger partial charge in [0.2, 0.25) is 0 Å². The zero-order valence-corrected chi connectivity index (χ0v) is 15.4. The van der Waals surface area contributed by atoms with Crippen molar-refractivity contribution in [3.05, 3.63) is 59.1 Å². The summed E-state index contributed by atoms with van der Waals surface area (Å²) in [5.74, 6) is 0.611. The molecule has 1 atom stereocenters. The first-order valence-electron chi connectivity index (χ1n) is 8.20. The standard InChI is InChI=1S/C19H20ClN3O3/c1-23(19(24)21-16-5-3-4-6-18(16)25-2)12-15-11-17(22-26-15)13-7-9-14(20)10-8-13/h3-10,15H,11-12H2,1-2H3,(H,21,24)/t15-/m1/s1. The number of urea groups is 1. The molecular weight excluding hydrogens is 354 g/mol. The number of methoxy groups -OCH3 is 1. The number of ether oxygens (including phenoxy) is 1. The number of oxime groups is 1. The predicted octanol–water partition coefficient (Wildman–Crippen LogP) is 4.01. The summed E-state index contributed by atoms with van der Waals surface area (Å²) in [4.78, 5) is 19.5. The molecule has 0 saturated heterocycles. The van der Waals surface area contributed by atoms with Crippen LogP contribution in [0.25, 0.3) is 0 Å². The molecule has 0 saturated carbocycles. The van der Waals surface area contributed by atoms with Crippen LogP contribution < -0.4 is 10.1 Å². The van der Waals surface area contributed by atoms with Gasteiger partial charge in [0.05, 0.1) is 25.1 Å². The smallest absolute Gasteiger partial charge is 0.321 e. The quantitative estimate of drug-likeness (QED) is 0.861. The van der Waals surface area contributed by atoms with Gasteiger partial charge in [-0.15, -0.1) is 0 Å². The predicted molar refractivity (Wildman–Crippen MR) is 102 cm³/mol.